The summed E-state index contributed by atoms with van der Waals surface area (Å²) >= 11 is 0. The van der Waals surface area contributed by atoms with Crippen LogP contribution in [-0.4, -0.2) is 18.0 Å². The monoisotopic (exact) mass is 243 g/mol. The van der Waals surface area contributed by atoms with Crippen LogP contribution < -0.4 is 0 Å². The zero-order valence-electron chi connectivity index (χ0n) is 9.96. The first-order chi connectivity index (χ1) is 7.97. The third-order valence-corrected chi connectivity index (χ3v) is 2.50. The van der Waals surface area contributed by atoms with E-state index in [1.165, 1.54) is 6.07 Å². The Balaban J connectivity index is 2.86. The van der Waals surface area contributed by atoms with Gasteiger partial charge in [0.2, 0.25) is 0 Å². The summed E-state index contributed by atoms with van der Waals surface area (Å²) in [6.45, 7) is 5.68. The second-order valence-corrected chi connectivity index (χ2v) is 3.66. The summed E-state index contributed by atoms with van der Waals surface area (Å²) in [5.41, 5.74) is -0.0501. The van der Waals surface area contributed by atoms with Crippen molar-refractivity contribution in [1.29, 1.82) is 0 Å². The lowest BCUT2D eigenvalue weighted by Crippen LogP contribution is -2.14. The zero-order valence-corrected chi connectivity index (χ0v) is 9.96. The molecule has 1 rings (SSSR count). The molecule has 0 saturated carbocycles. The van der Waals surface area contributed by atoms with E-state index in [0.29, 0.717) is 5.56 Å². The summed E-state index contributed by atoms with van der Waals surface area (Å²) in [5.74, 6) is 0. The van der Waals surface area contributed by atoms with Crippen molar-refractivity contribution in [3.05, 3.63) is 41.6 Å². The van der Waals surface area contributed by atoms with Crippen LogP contribution in [0.25, 0.3) is 6.08 Å². The highest BCUT2D eigenvalue weighted by Crippen LogP contribution is 2.29. The van der Waals surface area contributed by atoms with Crippen LogP contribution >= 0.6 is 0 Å². The smallest absolute Gasteiger partial charge is 0.378 e. The van der Waals surface area contributed by atoms with E-state index in [0.717, 1.165) is 25.2 Å². The average Bonchev–Trinajstić information content (AvgIpc) is 2.30. The van der Waals surface area contributed by atoms with E-state index in [4.69, 9.17) is 0 Å². The van der Waals surface area contributed by atoms with Crippen molar-refractivity contribution in [2.24, 2.45) is 0 Å². The molecule has 17 heavy (non-hydrogen) atoms. The van der Waals surface area contributed by atoms with Gasteiger partial charge in [0.15, 0.2) is 0 Å². The molecular weight excluding hydrogens is 227 g/mol. The van der Waals surface area contributed by atoms with Gasteiger partial charge in [-0.3, -0.25) is 0 Å². The van der Waals surface area contributed by atoms with Gasteiger partial charge in [0, 0.05) is 13.1 Å². The van der Waals surface area contributed by atoms with Crippen molar-refractivity contribution in [3.8, 4) is 0 Å². The van der Waals surface area contributed by atoms with E-state index >= 15 is 0 Å². The molecule has 0 radical (unpaired) electrons. The van der Waals surface area contributed by atoms with Crippen molar-refractivity contribution in [1.82, 2.24) is 4.90 Å². The lowest BCUT2D eigenvalue weighted by atomic mass is 10.1. The van der Waals surface area contributed by atoms with E-state index in [2.05, 4.69) is 0 Å². The van der Waals surface area contributed by atoms with Gasteiger partial charge < -0.3 is 4.90 Å². The number of rotatable bonds is 4. The minimum absolute atomic E-state index is 0.562. The number of nitrogens with zero attached hydrogens (tertiary/aromatic N) is 1. The van der Waals surface area contributed by atoms with Gasteiger partial charge in [0.25, 0.3) is 0 Å². The van der Waals surface area contributed by atoms with Crippen molar-refractivity contribution < 1.29 is 13.2 Å². The van der Waals surface area contributed by atoms with Gasteiger partial charge in [0.05, 0.1) is 5.56 Å². The summed E-state index contributed by atoms with van der Waals surface area (Å²) < 4.78 is 37.4. The van der Waals surface area contributed by atoms with Crippen molar-refractivity contribution in [2.75, 3.05) is 13.1 Å². The van der Waals surface area contributed by atoms with Gasteiger partial charge in [-0.25, -0.2) is 0 Å². The summed E-state index contributed by atoms with van der Waals surface area (Å²) in [6.07, 6.45) is -0.767. The molecule has 0 aliphatic heterocycles. The molecule has 1 aromatic carbocycles. The predicted octanol–water partition coefficient (Wildman–Crippen LogP) is 4.02. The maximum atomic E-state index is 12.5. The molecule has 0 aliphatic carbocycles. The highest BCUT2D eigenvalue weighted by Gasteiger charge is 2.30. The first-order valence-corrected chi connectivity index (χ1v) is 5.57. The van der Waals surface area contributed by atoms with Crippen LogP contribution in [0.3, 0.4) is 0 Å². The minimum atomic E-state index is -4.28. The first kappa shape index (κ1) is 13.6. The van der Waals surface area contributed by atoms with E-state index in [1.807, 2.05) is 24.9 Å². The molecule has 0 heterocycles. The Kier molecular flexibility index (Phi) is 4.61. The summed E-state index contributed by atoms with van der Waals surface area (Å²) in [4.78, 5) is 2.01. The Bertz CT molecular complexity index is 378. The Morgan fingerprint density at radius 3 is 2.35 bits per heavy atom. The minimum Gasteiger partial charge on any atom is -0.378 e. The molecule has 0 unspecified atom stereocenters. The first-order valence-electron chi connectivity index (χ1n) is 5.57. The van der Waals surface area contributed by atoms with E-state index < -0.39 is 11.7 Å². The molecule has 1 nitrogen and oxygen atoms in total. The Morgan fingerprint density at radius 2 is 1.82 bits per heavy atom. The third kappa shape index (κ3) is 4.13. The van der Waals surface area contributed by atoms with Crippen LogP contribution in [0.1, 0.15) is 25.0 Å². The summed E-state index contributed by atoms with van der Waals surface area (Å²) in [6, 6.07) is 5.31. The molecule has 94 valence electrons. The number of benzene rings is 1. The van der Waals surface area contributed by atoms with Crippen LogP contribution in [0.5, 0.6) is 0 Å². The number of hydrogen-bond acceptors (Lipinski definition) is 1. The molecule has 0 spiro atoms. The zero-order chi connectivity index (χ0) is 12.9. The normalized spacial score (nSPS) is 12.1. The van der Waals surface area contributed by atoms with Crippen molar-refractivity contribution in [3.63, 3.8) is 0 Å². The molecule has 0 N–H and O–H groups in total. The van der Waals surface area contributed by atoms with Gasteiger partial charge in [-0.15, -0.1) is 0 Å². The molecule has 0 bridgehead atoms. The topological polar surface area (TPSA) is 3.24 Å². The molecule has 4 heteroatoms. The Labute approximate surface area is 99.6 Å². The number of hydrogen-bond donors (Lipinski definition) is 0. The SMILES string of the molecule is CCN(C=Cc1cccc(C(F)(F)F)c1)CC. The maximum Gasteiger partial charge on any atom is 0.416 e. The molecule has 0 fully saturated rings. The molecule has 0 atom stereocenters. The maximum absolute atomic E-state index is 12.5. The largest absolute Gasteiger partial charge is 0.416 e. The van der Waals surface area contributed by atoms with Gasteiger partial charge in [-0.1, -0.05) is 12.1 Å². The van der Waals surface area contributed by atoms with Gasteiger partial charge in [-0.2, -0.15) is 13.2 Å². The third-order valence-electron chi connectivity index (χ3n) is 2.50. The predicted molar refractivity (Wildman–Crippen MR) is 63.4 cm³/mol. The molecule has 0 aliphatic rings. The van der Waals surface area contributed by atoms with Crippen LogP contribution in [0, 0.1) is 0 Å². The standard InChI is InChI=1S/C13H16F3N/c1-3-17(4-2)9-8-11-6-5-7-12(10-11)13(14,15)16/h5-10H,3-4H2,1-2H3. The van der Waals surface area contributed by atoms with E-state index in [9.17, 15) is 13.2 Å². The van der Waals surface area contributed by atoms with Crippen molar-refractivity contribution >= 4 is 6.08 Å². The lowest BCUT2D eigenvalue weighted by Gasteiger charge is -2.14. The van der Waals surface area contributed by atoms with Crippen molar-refractivity contribution in [2.45, 2.75) is 20.0 Å². The molecule has 1 aromatic rings. The second kappa shape index (κ2) is 5.75. The lowest BCUT2D eigenvalue weighted by molar-refractivity contribution is -0.137. The Hall–Kier alpha value is -1.45. The highest BCUT2D eigenvalue weighted by atomic mass is 19.4. The molecule has 0 amide bonds. The second-order valence-electron chi connectivity index (χ2n) is 3.66. The fourth-order valence-corrected chi connectivity index (χ4v) is 1.44. The highest BCUT2D eigenvalue weighted by molar-refractivity contribution is 5.50. The van der Waals surface area contributed by atoms with E-state index in [-0.39, 0.29) is 0 Å². The fraction of sp³-hybridized carbons (Fsp3) is 0.385. The quantitative estimate of drug-likeness (QED) is 0.772. The number of alkyl halides is 3. The van der Waals surface area contributed by atoms with Crippen LogP contribution in [0.4, 0.5) is 13.2 Å². The van der Waals surface area contributed by atoms with Crippen LogP contribution in [-0.2, 0) is 6.18 Å². The van der Waals surface area contributed by atoms with Crippen LogP contribution in [0.2, 0.25) is 0 Å². The molecule has 0 saturated heterocycles. The summed E-state index contributed by atoms with van der Waals surface area (Å²) in [7, 11) is 0. The van der Waals surface area contributed by atoms with Gasteiger partial charge in [-0.05, 0) is 43.8 Å². The number of halogens is 3. The van der Waals surface area contributed by atoms with E-state index in [1.54, 1.807) is 12.1 Å². The summed E-state index contributed by atoms with van der Waals surface area (Å²) in [5, 5.41) is 0. The van der Waals surface area contributed by atoms with Gasteiger partial charge in [0.1, 0.15) is 0 Å². The molecule has 0 aromatic heterocycles. The average molecular weight is 243 g/mol. The van der Waals surface area contributed by atoms with Crippen LogP contribution in [0.15, 0.2) is 30.5 Å². The Morgan fingerprint density at radius 1 is 1.18 bits per heavy atom. The molecular formula is C13H16F3N. The van der Waals surface area contributed by atoms with Gasteiger partial charge >= 0.3 is 6.18 Å². The fourth-order valence-electron chi connectivity index (χ4n) is 1.44.